The summed E-state index contributed by atoms with van der Waals surface area (Å²) in [4.78, 5) is 50.4. The molecule has 228 valence electrons. The van der Waals surface area contributed by atoms with Crippen LogP contribution in [0.5, 0.6) is 0 Å². The average molecular weight is 580 g/mol. The Morgan fingerprint density at radius 1 is 1.00 bits per heavy atom. The van der Waals surface area contributed by atoms with Gasteiger partial charge in [0.1, 0.15) is 12.2 Å². The van der Waals surface area contributed by atoms with Gasteiger partial charge in [-0.1, -0.05) is 49.8 Å². The van der Waals surface area contributed by atoms with Crippen molar-refractivity contribution in [1.82, 2.24) is 5.32 Å². The number of fused-ring (bicyclic) bond motifs is 5. The molecule has 8 nitrogen and oxygen atoms in total. The number of aliphatic hydroxyl groups is 1. The van der Waals surface area contributed by atoms with Gasteiger partial charge >= 0.3 is 11.9 Å². The number of nitrogens with one attached hydrogen (secondary N) is 1. The maximum atomic E-state index is 13.0. The van der Waals surface area contributed by atoms with Gasteiger partial charge in [0.2, 0.25) is 5.91 Å². The molecule has 4 aliphatic rings. The van der Waals surface area contributed by atoms with Crippen molar-refractivity contribution >= 4 is 23.6 Å². The molecule has 0 aliphatic heterocycles. The number of carbonyl (C=O) groups excluding carboxylic acids is 4. The van der Waals surface area contributed by atoms with Crippen LogP contribution in [0, 0.1) is 28.6 Å². The standard InChI is InChI=1S/C34H45NO7/c1-4-41-32(40)30(31(39)21-8-6-5-7-9-21)35-28(37)14-15-29(38)42-27-13-12-25-24-11-10-22-20-23(36)16-18-33(22,2)26(24)17-19-34(25,27)3/h5-9,20,24-27,30-31,39H,4,10-19H2,1-3H3,(H,35,37). The van der Waals surface area contributed by atoms with Crippen molar-refractivity contribution in [2.75, 3.05) is 6.61 Å². The van der Waals surface area contributed by atoms with Gasteiger partial charge in [-0.3, -0.25) is 14.4 Å². The summed E-state index contributed by atoms with van der Waals surface area (Å²) in [7, 11) is 0. The van der Waals surface area contributed by atoms with Crippen LogP contribution in [0.3, 0.4) is 0 Å². The van der Waals surface area contributed by atoms with E-state index in [1.807, 2.05) is 6.08 Å². The predicted molar refractivity (Wildman–Crippen MR) is 156 cm³/mol. The van der Waals surface area contributed by atoms with Crippen LogP contribution in [0.15, 0.2) is 42.0 Å². The summed E-state index contributed by atoms with van der Waals surface area (Å²) in [5, 5.41) is 13.3. The van der Waals surface area contributed by atoms with Crippen molar-refractivity contribution in [1.29, 1.82) is 0 Å². The van der Waals surface area contributed by atoms with Gasteiger partial charge in [0.15, 0.2) is 11.8 Å². The molecule has 0 heterocycles. The van der Waals surface area contributed by atoms with E-state index in [1.54, 1.807) is 37.3 Å². The van der Waals surface area contributed by atoms with Crippen molar-refractivity contribution in [2.24, 2.45) is 28.6 Å². The monoisotopic (exact) mass is 579 g/mol. The number of rotatable bonds is 9. The molecule has 3 saturated carbocycles. The quantitative estimate of drug-likeness (QED) is 0.396. The van der Waals surface area contributed by atoms with E-state index in [4.69, 9.17) is 9.47 Å². The lowest BCUT2D eigenvalue weighted by molar-refractivity contribution is -0.160. The molecule has 0 spiro atoms. The summed E-state index contributed by atoms with van der Waals surface area (Å²) in [6, 6.07) is 7.32. The van der Waals surface area contributed by atoms with Gasteiger partial charge in [-0.15, -0.1) is 0 Å². The smallest absolute Gasteiger partial charge is 0.331 e. The van der Waals surface area contributed by atoms with E-state index in [1.165, 1.54) is 5.57 Å². The van der Waals surface area contributed by atoms with E-state index in [0.717, 1.165) is 44.9 Å². The molecular weight excluding hydrogens is 534 g/mol. The first kappa shape index (κ1) is 30.5. The molecule has 42 heavy (non-hydrogen) atoms. The van der Waals surface area contributed by atoms with Gasteiger partial charge in [-0.25, -0.2) is 4.79 Å². The largest absolute Gasteiger partial charge is 0.464 e. The Hall–Kier alpha value is -3.00. The number of hydrogen-bond acceptors (Lipinski definition) is 7. The van der Waals surface area contributed by atoms with Crippen LogP contribution in [-0.2, 0) is 28.7 Å². The van der Waals surface area contributed by atoms with Crippen LogP contribution in [0.1, 0.15) is 96.6 Å². The first-order valence-corrected chi connectivity index (χ1v) is 15.7. The molecule has 0 radical (unpaired) electrons. The molecule has 3 fully saturated rings. The number of aliphatic hydroxyl groups excluding tert-OH is 1. The molecule has 8 unspecified atom stereocenters. The zero-order valence-electron chi connectivity index (χ0n) is 25.1. The third-order valence-electron chi connectivity index (χ3n) is 11.0. The van der Waals surface area contributed by atoms with Gasteiger partial charge in [-0.05, 0) is 86.7 Å². The molecule has 4 aliphatic carbocycles. The summed E-state index contributed by atoms with van der Waals surface area (Å²) in [6.45, 7) is 6.41. The minimum absolute atomic E-state index is 0.0874. The second-order valence-electron chi connectivity index (χ2n) is 13.2. The number of carbonyl (C=O) groups is 4. The Balaban J connectivity index is 1.17. The number of hydrogen-bond donors (Lipinski definition) is 2. The molecule has 1 aromatic rings. The maximum absolute atomic E-state index is 13.0. The zero-order valence-corrected chi connectivity index (χ0v) is 25.1. The number of esters is 2. The SMILES string of the molecule is CCOC(=O)C(NC(=O)CCC(=O)OC1CCC2C3CCC4=CC(=O)CCC4(C)C3CCC12C)C(O)c1ccccc1. The van der Waals surface area contributed by atoms with Crippen molar-refractivity contribution < 1.29 is 33.8 Å². The molecule has 0 bridgehead atoms. The highest BCUT2D eigenvalue weighted by molar-refractivity contribution is 5.91. The fourth-order valence-electron chi connectivity index (χ4n) is 8.73. The second-order valence-corrected chi connectivity index (χ2v) is 13.2. The van der Waals surface area contributed by atoms with E-state index < -0.39 is 30.0 Å². The van der Waals surface area contributed by atoms with Gasteiger partial charge in [0, 0.05) is 18.3 Å². The molecule has 2 N–H and O–H groups in total. The molecule has 8 atom stereocenters. The second kappa shape index (κ2) is 12.3. The van der Waals surface area contributed by atoms with Crippen molar-refractivity contribution in [2.45, 2.75) is 103 Å². The Labute approximate surface area is 248 Å². The summed E-state index contributed by atoms with van der Waals surface area (Å²) < 4.78 is 11.1. The van der Waals surface area contributed by atoms with Gasteiger partial charge in [0.25, 0.3) is 0 Å². The van der Waals surface area contributed by atoms with Crippen LogP contribution in [0.25, 0.3) is 0 Å². The molecular formula is C34H45NO7. The van der Waals surface area contributed by atoms with Gasteiger partial charge < -0.3 is 19.9 Å². The van der Waals surface area contributed by atoms with Crippen molar-refractivity contribution in [3.63, 3.8) is 0 Å². The van der Waals surface area contributed by atoms with Gasteiger partial charge in [-0.2, -0.15) is 0 Å². The normalized spacial score (nSPS) is 33.2. The highest BCUT2D eigenvalue weighted by atomic mass is 16.5. The Bertz CT molecular complexity index is 1230. The minimum atomic E-state index is -1.28. The van der Waals surface area contributed by atoms with Crippen LogP contribution < -0.4 is 5.32 Å². The molecule has 5 rings (SSSR count). The first-order chi connectivity index (χ1) is 20.1. The highest BCUT2D eigenvalue weighted by Crippen LogP contribution is 2.65. The molecule has 1 amide bonds. The first-order valence-electron chi connectivity index (χ1n) is 15.7. The summed E-state index contributed by atoms with van der Waals surface area (Å²) in [5.74, 6) is 0.225. The summed E-state index contributed by atoms with van der Waals surface area (Å²) in [6.07, 6.45) is 7.81. The van der Waals surface area contributed by atoms with E-state index in [0.29, 0.717) is 29.7 Å². The van der Waals surface area contributed by atoms with Gasteiger partial charge in [0.05, 0.1) is 13.0 Å². The lowest BCUT2D eigenvalue weighted by atomic mass is 9.47. The van der Waals surface area contributed by atoms with Crippen LogP contribution in [0.4, 0.5) is 0 Å². The molecule has 0 aromatic heterocycles. The Morgan fingerprint density at radius 3 is 2.50 bits per heavy atom. The molecule has 8 heteroatoms. The van der Waals surface area contributed by atoms with E-state index in [2.05, 4.69) is 19.2 Å². The Kier molecular flexibility index (Phi) is 8.93. The fourth-order valence-corrected chi connectivity index (χ4v) is 8.73. The summed E-state index contributed by atoms with van der Waals surface area (Å²) >= 11 is 0. The lowest BCUT2D eigenvalue weighted by Gasteiger charge is -2.57. The van der Waals surface area contributed by atoms with Crippen LogP contribution in [-0.4, -0.2) is 47.5 Å². The number of benzene rings is 1. The topological polar surface area (TPSA) is 119 Å². The third kappa shape index (κ3) is 5.79. The van der Waals surface area contributed by atoms with Crippen LogP contribution in [0.2, 0.25) is 0 Å². The number of allylic oxidation sites excluding steroid dienone is 1. The molecule has 1 aromatic carbocycles. The molecule has 0 saturated heterocycles. The minimum Gasteiger partial charge on any atom is -0.464 e. The van der Waals surface area contributed by atoms with E-state index in [-0.39, 0.29) is 42.2 Å². The zero-order chi connectivity index (χ0) is 30.1. The van der Waals surface area contributed by atoms with E-state index in [9.17, 15) is 24.3 Å². The van der Waals surface area contributed by atoms with Crippen molar-refractivity contribution in [3.05, 3.63) is 47.5 Å². The van der Waals surface area contributed by atoms with Crippen LogP contribution >= 0.6 is 0 Å². The maximum Gasteiger partial charge on any atom is 0.331 e. The summed E-state index contributed by atoms with van der Waals surface area (Å²) in [5.41, 5.74) is 1.85. The number of ether oxygens (including phenoxy) is 2. The number of amides is 1. The Morgan fingerprint density at radius 2 is 1.76 bits per heavy atom. The number of ketones is 1. The lowest BCUT2D eigenvalue weighted by Crippen LogP contribution is -2.51. The highest BCUT2D eigenvalue weighted by Gasteiger charge is 2.60. The third-order valence-corrected chi connectivity index (χ3v) is 11.0. The predicted octanol–water partition coefficient (Wildman–Crippen LogP) is 4.99. The van der Waals surface area contributed by atoms with E-state index >= 15 is 0 Å². The fraction of sp³-hybridized carbons (Fsp3) is 0.647. The van der Waals surface area contributed by atoms with Crippen molar-refractivity contribution in [3.8, 4) is 0 Å². The average Bonchev–Trinajstić information content (AvgIpc) is 3.31.